The van der Waals surface area contributed by atoms with Gasteiger partial charge in [-0.15, -0.1) is 0 Å². The topological polar surface area (TPSA) is 48.0 Å². The molecule has 4 rings (SSSR count). The van der Waals surface area contributed by atoms with E-state index in [0.717, 1.165) is 56.8 Å². The Balaban J connectivity index is 1.36. The summed E-state index contributed by atoms with van der Waals surface area (Å²) in [7, 11) is 0. The zero-order chi connectivity index (χ0) is 21.9. The molecule has 1 aromatic rings. The normalized spacial score (nSPS) is 23.3. The number of carbonyl (C=O) groups excluding carboxylic acids is 1. The van der Waals surface area contributed by atoms with Crippen molar-refractivity contribution >= 4 is 5.97 Å². The third-order valence-electron chi connectivity index (χ3n) is 6.26. The summed E-state index contributed by atoms with van der Waals surface area (Å²) in [6.07, 6.45) is 11.3. The SMILES string of the molecule is CC(C)(C)OC(=O)CCN1CCCC2(COc3cc(OCC4=CC=CCC4)ccc32)C1. The Morgan fingerprint density at radius 2 is 2.16 bits per heavy atom. The Kier molecular flexibility index (Phi) is 6.42. The summed E-state index contributed by atoms with van der Waals surface area (Å²) in [4.78, 5) is 14.5. The number of fused-ring (bicyclic) bond motifs is 2. The van der Waals surface area contributed by atoms with Gasteiger partial charge < -0.3 is 19.1 Å². The largest absolute Gasteiger partial charge is 0.492 e. The van der Waals surface area contributed by atoms with Crippen LogP contribution in [-0.4, -0.2) is 49.3 Å². The molecule has 0 bridgehead atoms. The van der Waals surface area contributed by atoms with Gasteiger partial charge in [0.15, 0.2) is 0 Å². The summed E-state index contributed by atoms with van der Waals surface area (Å²) in [5.41, 5.74) is 2.19. The van der Waals surface area contributed by atoms with Gasteiger partial charge in [0.2, 0.25) is 0 Å². The third kappa shape index (κ3) is 5.51. The summed E-state index contributed by atoms with van der Waals surface area (Å²) in [6, 6.07) is 6.31. The van der Waals surface area contributed by atoms with Crippen molar-refractivity contribution < 1.29 is 19.0 Å². The molecule has 31 heavy (non-hydrogen) atoms. The van der Waals surface area contributed by atoms with E-state index >= 15 is 0 Å². The van der Waals surface area contributed by atoms with E-state index < -0.39 is 5.60 Å². The van der Waals surface area contributed by atoms with Crippen LogP contribution in [0.5, 0.6) is 11.5 Å². The number of nitrogens with zero attached hydrogens (tertiary/aromatic N) is 1. The average molecular weight is 426 g/mol. The second-order valence-corrected chi connectivity index (χ2v) is 10.0. The molecule has 0 aromatic heterocycles. The van der Waals surface area contributed by atoms with Crippen LogP contribution in [0.1, 0.15) is 58.4 Å². The van der Waals surface area contributed by atoms with Crippen molar-refractivity contribution in [3.05, 3.63) is 47.6 Å². The molecule has 5 heteroatoms. The van der Waals surface area contributed by atoms with Gasteiger partial charge in [0.1, 0.15) is 23.7 Å². The van der Waals surface area contributed by atoms with Gasteiger partial charge in [-0.25, -0.2) is 0 Å². The summed E-state index contributed by atoms with van der Waals surface area (Å²) < 4.78 is 17.6. The maximum absolute atomic E-state index is 12.1. The molecule has 1 aliphatic carbocycles. The number of rotatable bonds is 6. The molecular weight excluding hydrogens is 390 g/mol. The van der Waals surface area contributed by atoms with E-state index in [4.69, 9.17) is 14.2 Å². The van der Waals surface area contributed by atoms with Gasteiger partial charge in [0, 0.05) is 30.1 Å². The van der Waals surface area contributed by atoms with Crippen LogP contribution in [0.2, 0.25) is 0 Å². The maximum atomic E-state index is 12.1. The van der Waals surface area contributed by atoms with Crippen LogP contribution in [0.3, 0.4) is 0 Å². The van der Waals surface area contributed by atoms with Crippen molar-refractivity contribution in [2.75, 3.05) is 32.8 Å². The van der Waals surface area contributed by atoms with Crippen molar-refractivity contribution in [1.29, 1.82) is 0 Å². The zero-order valence-corrected chi connectivity index (χ0v) is 19.1. The highest BCUT2D eigenvalue weighted by atomic mass is 16.6. The van der Waals surface area contributed by atoms with Crippen molar-refractivity contribution in [2.24, 2.45) is 0 Å². The molecule has 1 atom stereocenters. The van der Waals surface area contributed by atoms with Crippen LogP contribution in [0, 0.1) is 0 Å². The molecule has 1 spiro atoms. The van der Waals surface area contributed by atoms with Gasteiger partial charge >= 0.3 is 5.97 Å². The van der Waals surface area contributed by atoms with Gasteiger partial charge in [0.25, 0.3) is 0 Å². The van der Waals surface area contributed by atoms with E-state index in [2.05, 4.69) is 35.3 Å². The van der Waals surface area contributed by atoms with E-state index in [1.807, 2.05) is 26.8 Å². The smallest absolute Gasteiger partial charge is 0.307 e. The van der Waals surface area contributed by atoms with Gasteiger partial charge in [-0.1, -0.05) is 24.3 Å². The average Bonchev–Trinajstić information content (AvgIpc) is 3.07. The first kappa shape index (κ1) is 21.9. The number of ether oxygens (including phenoxy) is 3. The molecule has 2 heterocycles. The van der Waals surface area contributed by atoms with Crippen LogP contribution >= 0.6 is 0 Å². The molecule has 2 aliphatic heterocycles. The van der Waals surface area contributed by atoms with E-state index in [0.29, 0.717) is 19.6 Å². The zero-order valence-electron chi connectivity index (χ0n) is 19.1. The number of allylic oxidation sites excluding steroid dienone is 3. The highest BCUT2D eigenvalue weighted by Crippen LogP contribution is 2.45. The number of likely N-dealkylation sites (tertiary alicyclic amines) is 1. The van der Waals surface area contributed by atoms with Crippen LogP contribution in [0.4, 0.5) is 0 Å². The van der Waals surface area contributed by atoms with Crippen LogP contribution in [-0.2, 0) is 14.9 Å². The van der Waals surface area contributed by atoms with Gasteiger partial charge in [0.05, 0.1) is 13.0 Å². The summed E-state index contributed by atoms with van der Waals surface area (Å²) in [6.45, 7) is 9.74. The lowest BCUT2D eigenvalue weighted by Gasteiger charge is -2.39. The second kappa shape index (κ2) is 9.07. The number of piperidine rings is 1. The van der Waals surface area contributed by atoms with E-state index in [9.17, 15) is 4.79 Å². The first-order valence-electron chi connectivity index (χ1n) is 11.5. The molecule has 1 fully saturated rings. The van der Waals surface area contributed by atoms with Crippen LogP contribution < -0.4 is 9.47 Å². The second-order valence-electron chi connectivity index (χ2n) is 10.0. The molecule has 3 aliphatic rings. The lowest BCUT2D eigenvalue weighted by Crippen LogP contribution is -2.47. The Hall–Kier alpha value is -2.27. The summed E-state index contributed by atoms with van der Waals surface area (Å²) in [5.74, 6) is 1.69. The molecular formula is C26H35NO4. The molecule has 1 aromatic carbocycles. The Bertz CT molecular complexity index is 867. The summed E-state index contributed by atoms with van der Waals surface area (Å²) in [5, 5.41) is 0. The number of carbonyl (C=O) groups is 1. The number of esters is 1. The fourth-order valence-corrected chi connectivity index (χ4v) is 4.79. The highest BCUT2D eigenvalue weighted by Gasteiger charge is 2.44. The van der Waals surface area contributed by atoms with Crippen molar-refractivity contribution in [3.8, 4) is 11.5 Å². The van der Waals surface area contributed by atoms with E-state index in [-0.39, 0.29) is 11.4 Å². The van der Waals surface area contributed by atoms with E-state index in [1.165, 1.54) is 11.1 Å². The quantitative estimate of drug-likeness (QED) is 0.613. The van der Waals surface area contributed by atoms with Gasteiger partial charge in [-0.3, -0.25) is 4.79 Å². The molecule has 0 N–H and O–H groups in total. The minimum atomic E-state index is -0.428. The lowest BCUT2D eigenvalue weighted by molar-refractivity contribution is -0.155. The monoisotopic (exact) mass is 425 g/mol. The van der Waals surface area contributed by atoms with Crippen LogP contribution in [0.15, 0.2) is 42.0 Å². The van der Waals surface area contributed by atoms with Crippen molar-refractivity contribution in [3.63, 3.8) is 0 Å². The molecule has 168 valence electrons. The standard InChI is InChI=1S/C26H35NO4/c1-25(2,3)31-24(28)12-15-27-14-7-13-26(18-27)19-30-23-16-21(10-11-22(23)26)29-17-20-8-5-4-6-9-20/h4-5,8,10-11,16H,6-7,9,12-15,17-19H2,1-3H3. The van der Waals surface area contributed by atoms with Crippen molar-refractivity contribution in [2.45, 2.75) is 63.9 Å². The molecule has 1 saturated heterocycles. The van der Waals surface area contributed by atoms with Crippen LogP contribution in [0.25, 0.3) is 0 Å². The first-order chi connectivity index (χ1) is 14.8. The van der Waals surface area contributed by atoms with Crippen molar-refractivity contribution in [1.82, 2.24) is 4.90 Å². The molecule has 1 unspecified atom stereocenters. The van der Waals surface area contributed by atoms with E-state index in [1.54, 1.807) is 0 Å². The lowest BCUT2D eigenvalue weighted by atomic mass is 9.75. The molecule has 5 nitrogen and oxygen atoms in total. The Labute approximate surface area is 186 Å². The first-order valence-corrected chi connectivity index (χ1v) is 11.5. The molecule has 0 radical (unpaired) electrons. The highest BCUT2D eigenvalue weighted by molar-refractivity contribution is 5.70. The minimum absolute atomic E-state index is 0.0107. The van der Waals surface area contributed by atoms with Gasteiger partial charge in [-0.2, -0.15) is 0 Å². The Morgan fingerprint density at radius 3 is 2.94 bits per heavy atom. The molecule has 0 saturated carbocycles. The maximum Gasteiger partial charge on any atom is 0.307 e. The molecule has 0 amide bonds. The predicted octanol–water partition coefficient (Wildman–Crippen LogP) is 4.80. The predicted molar refractivity (Wildman–Crippen MR) is 122 cm³/mol. The number of hydrogen-bond acceptors (Lipinski definition) is 5. The summed E-state index contributed by atoms with van der Waals surface area (Å²) >= 11 is 0. The fourth-order valence-electron chi connectivity index (χ4n) is 4.79. The minimum Gasteiger partial charge on any atom is -0.492 e. The van der Waals surface area contributed by atoms with Gasteiger partial charge in [-0.05, 0) is 64.6 Å². The fraction of sp³-hybridized carbons (Fsp3) is 0.577. The number of benzene rings is 1. The third-order valence-corrected chi connectivity index (χ3v) is 6.26. The Morgan fingerprint density at radius 1 is 1.29 bits per heavy atom. The number of hydrogen-bond donors (Lipinski definition) is 0.